The van der Waals surface area contributed by atoms with Crippen molar-refractivity contribution >= 4 is 23.2 Å². The van der Waals surface area contributed by atoms with E-state index < -0.39 is 5.41 Å². The summed E-state index contributed by atoms with van der Waals surface area (Å²) in [4.78, 5) is 29.4. The molecule has 0 atom stereocenters. The Bertz CT molecular complexity index is 872. The third-order valence-electron chi connectivity index (χ3n) is 5.48. The average Bonchev–Trinajstić information content (AvgIpc) is 2.74. The van der Waals surface area contributed by atoms with Crippen LogP contribution in [0.4, 0.5) is 15.8 Å². The van der Waals surface area contributed by atoms with Crippen molar-refractivity contribution < 1.29 is 14.0 Å². The molecular weight excluding hydrogens is 369 g/mol. The van der Waals surface area contributed by atoms with E-state index >= 15 is 0 Å². The van der Waals surface area contributed by atoms with Crippen LogP contribution in [0.1, 0.15) is 26.3 Å². The molecule has 2 aromatic rings. The molecule has 2 aromatic carbocycles. The molecule has 29 heavy (non-hydrogen) atoms. The van der Waals surface area contributed by atoms with Gasteiger partial charge >= 0.3 is 0 Å². The summed E-state index contributed by atoms with van der Waals surface area (Å²) in [5.41, 5.74) is 1.22. The van der Waals surface area contributed by atoms with Crippen molar-refractivity contribution in [1.29, 1.82) is 0 Å². The van der Waals surface area contributed by atoms with Gasteiger partial charge in [0.15, 0.2) is 0 Å². The van der Waals surface area contributed by atoms with Crippen LogP contribution >= 0.6 is 0 Å². The third kappa shape index (κ3) is 4.58. The van der Waals surface area contributed by atoms with Crippen molar-refractivity contribution in [3.05, 3.63) is 59.9 Å². The van der Waals surface area contributed by atoms with E-state index in [1.807, 2.05) is 29.2 Å². The Labute approximate surface area is 171 Å². The summed E-state index contributed by atoms with van der Waals surface area (Å²) in [7, 11) is 0. The van der Waals surface area contributed by atoms with E-state index in [2.05, 4.69) is 12.2 Å². The zero-order valence-corrected chi connectivity index (χ0v) is 17.2. The highest BCUT2D eigenvalue weighted by Crippen LogP contribution is 2.25. The molecule has 0 saturated carbocycles. The van der Waals surface area contributed by atoms with Crippen LogP contribution in [0.15, 0.2) is 48.5 Å². The fourth-order valence-corrected chi connectivity index (χ4v) is 3.46. The Kier molecular flexibility index (Phi) is 6.20. The van der Waals surface area contributed by atoms with Gasteiger partial charge in [-0.2, -0.15) is 0 Å². The Morgan fingerprint density at radius 1 is 1.00 bits per heavy atom. The second kappa shape index (κ2) is 8.64. The summed E-state index contributed by atoms with van der Waals surface area (Å²) >= 11 is 0. The fraction of sp³-hybridized carbons (Fsp3) is 0.391. The highest BCUT2D eigenvalue weighted by molar-refractivity contribution is 6.09. The van der Waals surface area contributed by atoms with Crippen LogP contribution in [0.2, 0.25) is 0 Å². The molecule has 0 bridgehead atoms. The van der Waals surface area contributed by atoms with E-state index in [1.54, 1.807) is 36.9 Å². The number of carbonyl (C=O) groups excluding carboxylic acids is 2. The number of amides is 2. The van der Waals surface area contributed by atoms with Gasteiger partial charge < -0.3 is 15.1 Å². The van der Waals surface area contributed by atoms with Crippen LogP contribution in [0.5, 0.6) is 0 Å². The maximum atomic E-state index is 14.0. The molecule has 0 spiro atoms. The normalized spacial score (nSPS) is 14.6. The third-order valence-corrected chi connectivity index (χ3v) is 5.48. The highest BCUT2D eigenvalue weighted by Gasteiger charge is 2.40. The smallest absolute Gasteiger partial charge is 0.239 e. The standard InChI is InChI=1S/C23H28FN3O2/c1-4-17-9-11-18(12-10-17)25-21(28)23(2,3)22(29)27-15-13-26(14-16-27)20-8-6-5-7-19(20)24/h5-12H,4,13-16H2,1-3H3,(H,25,28). The molecule has 1 heterocycles. The maximum absolute atomic E-state index is 14.0. The molecular formula is C23H28FN3O2. The van der Waals surface area contributed by atoms with Crippen molar-refractivity contribution in [2.24, 2.45) is 5.41 Å². The van der Waals surface area contributed by atoms with E-state index in [0.717, 1.165) is 6.42 Å². The predicted molar refractivity (Wildman–Crippen MR) is 113 cm³/mol. The number of rotatable bonds is 5. The van der Waals surface area contributed by atoms with Crippen LogP contribution in [-0.2, 0) is 16.0 Å². The molecule has 2 amide bonds. The molecule has 1 fully saturated rings. The number of piperazine rings is 1. The van der Waals surface area contributed by atoms with E-state index in [0.29, 0.717) is 37.6 Å². The molecule has 0 unspecified atom stereocenters. The van der Waals surface area contributed by atoms with Crippen molar-refractivity contribution in [3.8, 4) is 0 Å². The number of carbonyl (C=O) groups is 2. The molecule has 154 valence electrons. The number of nitrogens with zero attached hydrogens (tertiary/aromatic N) is 2. The zero-order chi connectivity index (χ0) is 21.0. The second-order valence-corrected chi connectivity index (χ2v) is 7.86. The number of nitrogens with one attached hydrogen (secondary N) is 1. The lowest BCUT2D eigenvalue weighted by Gasteiger charge is -2.39. The zero-order valence-electron chi connectivity index (χ0n) is 17.2. The van der Waals surface area contributed by atoms with E-state index in [9.17, 15) is 14.0 Å². The molecule has 1 saturated heterocycles. The van der Waals surface area contributed by atoms with Gasteiger partial charge in [-0.25, -0.2) is 4.39 Å². The maximum Gasteiger partial charge on any atom is 0.239 e. The van der Waals surface area contributed by atoms with Crippen molar-refractivity contribution in [3.63, 3.8) is 0 Å². The van der Waals surface area contributed by atoms with Crippen molar-refractivity contribution in [2.45, 2.75) is 27.2 Å². The summed E-state index contributed by atoms with van der Waals surface area (Å²) in [6.07, 6.45) is 0.928. The van der Waals surface area contributed by atoms with Crippen LogP contribution < -0.4 is 10.2 Å². The minimum Gasteiger partial charge on any atom is -0.366 e. The number of hydrogen-bond donors (Lipinski definition) is 1. The minimum absolute atomic E-state index is 0.214. The van der Waals surface area contributed by atoms with Crippen LogP contribution in [0, 0.1) is 11.2 Å². The van der Waals surface area contributed by atoms with Gasteiger partial charge in [-0.05, 0) is 50.1 Å². The molecule has 5 nitrogen and oxygen atoms in total. The Morgan fingerprint density at radius 2 is 1.62 bits per heavy atom. The number of anilines is 2. The average molecular weight is 397 g/mol. The van der Waals surface area contributed by atoms with Gasteiger partial charge in [0.2, 0.25) is 11.8 Å². The van der Waals surface area contributed by atoms with Gasteiger partial charge in [0.25, 0.3) is 0 Å². The molecule has 1 N–H and O–H groups in total. The summed E-state index contributed by atoms with van der Waals surface area (Å²) in [5.74, 6) is -0.808. The van der Waals surface area contributed by atoms with Gasteiger partial charge in [0.05, 0.1) is 5.69 Å². The summed E-state index contributed by atoms with van der Waals surface area (Å²) in [6.45, 7) is 7.33. The highest BCUT2D eigenvalue weighted by atomic mass is 19.1. The van der Waals surface area contributed by atoms with Gasteiger partial charge in [-0.3, -0.25) is 9.59 Å². The predicted octanol–water partition coefficient (Wildman–Crippen LogP) is 3.70. The molecule has 0 aliphatic carbocycles. The molecule has 0 aromatic heterocycles. The monoisotopic (exact) mass is 397 g/mol. The van der Waals surface area contributed by atoms with E-state index in [-0.39, 0.29) is 17.6 Å². The van der Waals surface area contributed by atoms with Crippen LogP contribution in [0.3, 0.4) is 0 Å². The lowest BCUT2D eigenvalue weighted by Crippen LogP contribution is -2.54. The van der Waals surface area contributed by atoms with Crippen molar-refractivity contribution in [2.75, 3.05) is 36.4 Å². The number of benzene rings is 2. The number of aryl methyl sites for hydroxylation is 1. The Hall–Kier alpha value is -2.89. The van der Waals surface area contributed by atoms with Crippen LogP contribution in [-0.4, -0.2) is 42.9 Å². The van der Waals surface area contributed by atoms with Crippen molar-refractivity contribution in [1.82, 2.24) is 4.90 Å². The lowest BCUT2D eigenvalue weighted by molar-refractivity contribution is -0.146. The number of halogens is 1. The second-order valence-electron chi connectivity index (χ2n) is 7.86. The van der Waals surface area contributed by atoms with Crippen LogP contribution in [0.25, 0.3) is 0 Å². The first-order chi connectivity index (χ1) is 13.8. The Morgan fingerprint density at radius 3 is 2.21 bits per heavy atom. The quantitative estimate of drug-likeness (QED) is 0.783. The largest absolute Gasteiger partial charge is 0.366 e. The van der Waals surface area contributed by atoms with E-state index in [1.165, 1.54) is 11.6 Å². The van der Waals surface area contributed by atoms with Gasteiger partial charge in [0, 0.05) is 31.9 Å². The summed E-state index contributed by atoms with van der Waals surface area (Å²) < 4.78 is 14.0. The fourth-order valence-electron chi connectivity index (χ4n) is 3.46. The molecule has 6 heteroatoms. The summed E-state index contributed by atoms with van der Waals surface area (Å²) in [6, 6.07) is 14.3. The Balaban J connectivity index is 1.61. The molecule has 3 rings (SSSR count). The molecule has 0 radical (unpaired) electrons. The van der Waals surface area contributed by atoms with E-state index in [4.69, 9.17) is 0 Å². The first-order valence-electron chi connectivity index (χ1n) is 10.0. The topological polar surface area (TPSA) is 52.7 Å². The number of para-hydroxylation sites is 1. The van der Waals surface area contributed by atoms with Gasteiger partial charge in [-0.1, -0.05) is 31.2 Å². The first kappa shape index (κ1) is 20.8. The van der Waals surface area contributed by atoms with Gasteiger partial charge in [-0.15, -0.1) is 0 Å². The van der Waals surface area contributed by atoms with Gasteiger partial charge in [0.1, 0.15) is 11.2 Å². The SMILES string of the molecule is CCc1ccc(NC(=O)C(C)(C)C(=O)N2CCN(c3ccccc3F)CC2)cc1. The summed E-state index contributed by atoms with van der Waals surface area (Å²) in [5, 5.41) is 2.85. The number of hydrogen-bond acceptors (Lipinski definition) is 3. The lowest BCUT2D eigenvalue weighted by atomic mass is 9.89. The molecule has 1 aliphatic rings. The molecule has 1 aliphatic heterocycles. The first-order valence-corrected chi connectivity index (χ1v) is 10.0. The minimum atomic E-state index is -1.19.